The standard InChI is InChI=1S/C20H31N3O2/c24-19(14-6-7-14)22-9-3-4-15(10-22)20(25)23-12-16-11-21-8-2-1-5-18(21)17(16)13-23/h14-18H,1-13H2/t15-,16-,17+,18+/m1/s1. The molecule has 25 heavy (non-hydrogen) atoms. The SMILES string of the molecule is O=C(C1CC1)N1CCC[C@@H](C(=O)N2C[C@H]3CN4CCCC[C@H]4[C@H]3C2)C1. The maximum atomic E-state index is 13.1. The van der Waals surface area contributed by atoms with E-state index in [-0.39, 0.29) is 11.8 Å². The van der Waals surface area contributed by atoms with Gasteiger partial charge >= 0.3 is 0 Å². The van der Waals surface area contributed by atoms with Crippen LogP contribution in [-0.4, -0.2) is 71.8 Å². The van der Waals surface area contributed by atoms with E-state index in [1.165, 1.54) is 32.4 Å². The van der Waals surface area contributed by atoms with Gasteiger partial charge in [-0.1, -0.05) is 6.42 Å². The molecule has 0 spiro atoms. The Morgan fingerprint density at radius 3 is 2.36 bits per heavy atom. The molecule has 1 aliphatic carbocycles. The van der Waals surface area contributed by atoms with Gasteiger partial charge in [-0.25, -0.2) is 0 Å². The van der Waals surface area contributed by atoms with Crippen molar-refractivity contribution in [3.05, 3.63) is 0 Å². The monoisotopic (exact) mass is 345 g/mol. The minimum atomic E-state index is 0.0535. The van der Waals surface area contributed by atoms with E-state index >= 15 is 0 Å². The van der Waals surface area contributed by atoms with Gasteiger partial charge in [-0.15, -0.1) is 0 Å². The molecule has 4 saturated heterocycles. The van der Waals surface area contributed by atoms with Crippen LogP contribution in [0.2, 0.25) is 0 Å². The lowest BCUT2D eigenvalue weighted by Crippen LogP contribution is -2.47. The lowest BCUT2D eigenvalue weighted by atomic mass is 9.90. The first kappa shape index (κ1) is 16.1. The Bertz CT molecular complexity index is 561. The molecule has 5 aliphatic rings. The summed E-state index contributed by atoms with van der Waals surface area (Å²) in [6.07, 6.45) is 8.12. The van der Waals surface area contributed by atoms with Crippen LogP contribution < -0.4 is 0 Å². The molecule has 0 N–H and O–H groups in total. The molecule has 0 aromatic heterocycles. The summed E-state index contributed by atoms with van der Waals surface area (Å²) in [5.74, 6) is 2.38. The fourth-order valence-electron chi connectivity index (χ4n) is 5.96. The molecule has 5 fully saturated rings. The molecule has 2 amide bonds. The summed E-state index contributed by atoms with van der Waals surface area (Å²) >= 11 is 0. The van der Waals surface area contributed by atoms with E-state index in [1.807, 2.05) is 4.90 Å². The van der Waals surface area contributed by atoms with Crippen LogP contribution >= 0.6 is 0 Å². The molecule has 4 atom stereocenters. The highest BCUT2D eigenvalue weighted by Crippen LogP contribution is 2.41. The Morgan fingerprint density at radius 2 is 1.52 bits per heavy atom. The summed E-state index contributed by atoms with van der Waals surface area (Å²) in [5, 5.41) is 0. The fourth-order valence-corrected chi connectivity index (χ4v) is 5.96. The molecular weight excluding hydrogens is 314 g/mol. The van der Waals surface area contributed by atoms with Crippen LogP contribution in [0.4, 0.5) is 0 Å². The van der Waals surface area contributed by atoms with E-state index in [1.54, 1.807) is 0 Å². The number of hydrogen-bond donors (Lipinski definition) is 0. The van der Waals surface area contributed by atoms with Gasteiger partial charge in [0.05, 0.1) is 5.92 Å². The average molecular weight is 345 g/mol. The highest BCUT2D eigenvalue weighted by molar-refractivity contribution is 5.83. The van der Waals surface area contributed by atoms with Crippen LogP contribution in [-0.2, 0) is 9.59 Å². The van der Waals surface area contributed by atoms with Gasteiger partial charge in [0.1, 0.15) is 0 Å². The molecule has 5 rings (SSSR count). The molecule has 138 valence electrons. The number of likely N-dealkylation sites (tertiary alicyclic amines) is 2. The van der Waals surface area contributed by atoms with E-state index in [0.717, 1.165) is 51.4 Å². The van der Waals surface area contributed by atoms with E-state index in [2.05, 4.69) is 9.80 Å². The van der Waals surface area contributed by atoms with Gasteiger partial charge in [0.15, 0.2) is 0 Å². The van der Waals surface area contributed by atoms with Crippen molar-refractivity contribution in [3.8, 4) is 0 Å². The first-order valence-electron chi connectivity index (χ1n) is 10.5. The third-order valence-electron chi connectivity index (χ3n) is 7.44. The smallest absolute Gasteiger partial charge is 0.227 e. The van der Waals surface area contributed by atoms with Gasteiger partial charge in [0.2, 0.25) is 11.8 Å². The predicted octanol–water partition coefficient (Wildman–Crippen LogP) is 1.58. The zero-order valence-corrected chi connectivity index (χ0v) is 15.2. The molecule has 0 bridgehead atoms. The molecular formula is C20H31N3O2. The maximum absolute atomic E-state index is 13.1. The highest BCUT2D eigenvalue weighted by atomic mass is 16.2. The number of carbonyl (C=O) groups excluding carboxylic acids is 2. The molecule has 4 aliphatic heterocycles. The van der Waals surface area contributed by atoms with Crippen molar-refractivity contribution in [2.24, 2.45) is 23.7 Å². The average Bonchev–Trinajstić information content (AvgIpc) is 3.32. The van der Waals surface area contributed by atoms with E-state index in [9.17, 15) is 9.59 Å². The van der Waals surface area contributed by atoms with E-state index in [0.29, 0.717) is 30.2 Å². The number of piperidine rings is 2. The van der Waals surface area contributed by atoms with Gasteiger partial charge in [-0.05, 0) is 56.9 Å². The Balaban J connectivity index is 1.21. The third kappa shape index (κ3) is 2.88. The summed E-state index contributed by atoms with van der Waals surface area (Å²) in [4.78, 5) is 32.3. The van der Waals surface area contributed by atoms with Crippen molar-refractivity contribution >= 4 is 11.8 Å². The Morgan fingerprint density at radius 1 is 0.680 bits per heavy atom. The van der Waals surface area contributed by atoms with Crippen molar-refractivity contribution in [2.45, 2.75) is 51.0 Å². The van der Waals surface area contributed by atoms with Crippen LogP contribution in [0, 0.1) is 23.7 Å². The highest BCUT2D eigenvalue weighted by Gasteiger charge is 2.49. The second kappa shape index (κ2) is 6.26. The zero-order chi connectivity index (χ0) is 17.0. The summed E-state index contributed by atoms with van der Waals surface area (Å²) in [6, 6.07) is 0.732. The van der Waals surface area contributed by atoms with Crippen LogP contribution in [0.15, 0.2) is 0 Å². The zero-order valence-electron chi connectivity index (χ0n) is 15.2. The van der Waals surface area contributed by atoms with Crippen LogP contribution in [0.5, 0.6) is 0 Å². The first-order valence-corrected chi connectivity index (χ1v) is 10.5. The van der Waals surface area contributed by atoms with Crippen molar-refractivity contribution in [2.75, 3.05) is 39.3 Å². The molecule has 0 radical (unpaired) electrons. The number of amides is 2. The summed E-state index contributed by atoms with van der Waals surface area (Å²) in [5.41, 5.74) is 0. The van der Waals surface area contributed by atoms with Gasteiger partial charge in [-0.3, -0.25) is 14.5 Å². The van der Waals surface area contributed by atoms with E-state index in [4.69, 9.17) is 0 Å². The normalized spacial score (nSPS) is 38.6. The van der Waals surface area contributed by atoms with Crippen LogP contribution in [0.1, 0.15) is 44.9 Å². The van der Waals surface area contributed by atoms with Crippen molar-refractivity contribution in [1.82, 2.24) is 14.7 Å². The lowest BCUT2D eigenvalue weighted by molar-refractivity contribution is -0.141. The van der Waals surface area contributed by atoms with Crippen LogP contribution in [0.25, 0.3) is 0 Å². The molecule has 4 heterocycles. The van der Waals surface area contributed by atoms with Crippen LogP contribution in [0.3, 0.4) is 0 Å². The van der Waals surface area contributed by atoms with Crippen molar-refractivity contribution < 1.29 is 9.59 Å². The Hall–Kier alpha value is -1.10. The summed E-state index contributed by atoms with van der Waals surface area (Å²) < 4.78 is 0. The fraction of sp³-hybridized carbons (Fsp3) is 0.900. The number of rotatable bonds is 2. The molecule has 0 unspecified atom stereocenters. The Labute approximate surface area is 150 Å². The summed E-state index contributed by atoms with van der Waals surface area (Å²) in [7, 11) is 0. The van der Waals surface area contributed by atoms with Gasteiger partial charge in [0.25, 0.3) is 0 Å². The number of hydrogen-bond acceptors (Lipinski definition) is 3. The maximum Gasteiger partial charge on any atom is 0.227 e. The largest absolute Gasteiger partial charge is 0.342 e. The minimum Gasteiger partial charge on any atom is -0.342 e. The first-order chi connectivity index (χ1) is 12.2. The molecule has 0 aromatic rings. The van der Waals surface area contributed by atoms with Gasteiger partial charge in [-0.2, -0.15) is 0 Å². The van der Waals surface area contributed by atoms with Gasteiger partial charge < -0.3 is 9.80 Å². The van der Waals surface area contributed by atoms with E-state index < -0.39 is 0 Å². The Kier molecular flexibility index (Phi) is 4.03. The molecule has 1 saturated carbocycles. The van der Waals surface area contributed by atoms with Gasteiger partial charge in [0, 0.05) is 44.7 Å². The third-order valence-corrected chi connectivity index (χ3v) is 7.44. The summed E-state index contributed by atoms with van der Waals surface area (Å²) in [6.45, 7) is 5.95. The minimum absolute atomic E-state index is 0.0535. The lowest BCUT2D eigenvalue weighted by Gasteiger charge is -2.36. The van der Waals surface area contributed by atoms with Crippen molar-refractivity contribution in [1.29, 1.82) is 0 Å². The second-order valence-electron chi connectivity index (χ2n) is 9.12. The number of carbonyl (C=O) groups is 2. The topological polar surface area (TPSA) is 43.9 Å². The van der Waals surface area contributed by atoms with Crippen molar-refractivity contribution in [3.63, 3.8) is 0 Å². The quantitative estimate of drug-likeness (QED) is 0.763. The molecule has 0 aromatic carbocycles. The molecule has 5 nitrogen and oxygen atoms in total. The second-order valence-corrected chi connectivity index (χ2v) is 9.12. The predicted molar refractivity (Wildman–Crippen MR) is 94.8 cm³/mol. The number of nitrogens with zero attached hydrogens (tertiary/aromatic N) is 3. The number of fused-ring (bicyclic) bond motifs is 3. The molecule has 5 heteroatoms.